The first kappa shape index (κ1) is 6.68. The van der Waals surface area contributed by atoms with Crippen molar-refractivity contribution in [3.8, 4) is 0 Å². The number of hydrogen-bond acceptors (Lipinski definition) is 2. The lowest BCUT2D eigenvalue weighted by molar-refractivity contribution is 0.617. The molecule has 0 heterocycles. The van der Waals surface area contributed by atoms with Crippen molar-refractivity contribution in [3.63, 3.8) is 0 Å². The maximum Gasteiger partial charge on any atom is 0.206 e. The summed E-state index contributed by atoms with van der Waals surface area (Å²) in [5.74, 6) is 1.15. The zero-order valence-electron chi connectivity index (χ0n) is 3.18. The third-order valence-electron chi connectivity index (χ3n) is 0.282. The minimum atomic E-state index is -2.82. The van der Waals surface area contributed by atoms with E-state index in [1.54, 1.807) is 0 Å². The van der Waals surface area contributed by atoms with Gasteiger partial charge in [-0.1, -0.05) is 0 Å². The Morgan fingerprint density at radius 1 is 1.67 bits per heavy atom. The van der Waals surface area contributed by atoms with Crippen LogP contribution < -0.4 is 0 Å². The highest BCUT2D eigenvalue weighted by Crippen LogP contribution is 2.02. The monoisotopic (exact) mass is 219 g/mol. The topological polar surface area (TPSA) is 34.1 Å². The van der Waals surface area contributed by atoms with Crippen LogP contribution in [-0.4, -0.2) is 8.42 Å². The van der Waals surface area contributed by atoms with E-state index in [9.17, 15) is 8.42 Å². The van der Waals surface area contributed by atoms with Gasteiger partial charge in [0.1, 0.15) is 0 Å². The van der Waals surface area contributed by atoms with E-state index in [1.807, 2.05) is 0 Å². The molecule has 1 radical (unpaired) electrons. The third kappa shape index (κ3) is 4.68. The van der Waals surface area contributed by atoms with Crippen LogP contribution in [0.1, 0.15) is 6.92 Å². The van der Waals surface area contributed by atoms with E-state index in [0.717, 1.165) is 5.75 Å². The molecule has 0 aromatic rings. The first-order chi connectivity index (χ1) is 2.56. The highest BCUT2D eigenvalue weighted by atomic mass is 127. The lowest BCUT2D eigenvalue weighted by Crippen LogP contribution is -1.79. The summed E-state index contributed by atoms with van der Waals surface area (Å²) in [6.07, 6.45) is 0. The third-order valence-corrected chi connectivity index (χ3v) is 2.37. The fraction of sp³-hybridized carbons (Fsp3) is 0.500. The Balaban J connectivity index is 3.85. The van der Waals surface area contributed by atoms with Gasteiger partial charge in [0.15, 0.2) is 0 Å². The first-order valence-electron chi connectivity index (χ1n) is 1.30. The summed E-state index contributed by atoms with van der Waals surface area (Å²) in [5, 5.41) is 0. The molecule has 6 heavy (non-hydrogen) atoms. The molecule has 2 nitrogen and oxygen atoms in total. The van der Waals surface area contributed by atoms with Gasteiger partial charge in [-0.3, -0.25) is 0 Å². The van der Waals surface area contributed by atoms with Crippen LogP contribution in [-0.2, 0) is 7.01 Å². The first-order valence-corrected chi connectivity index (χ1v) is 5.39. The van der Waals surface area contributed by atoms with Gasteiger partial charge in [-0.2, -0.15) is 0 Å². The van der Waals surface area contributed by atoms with Crippen LogP contribution in [0, 0.1) is 5.75 Å². The Morgan fingerprint density at radius 2 is 1.83 bits per heavy atom. The average molecular weight is 219 g/mol. The van der Waals surface area contributed by atoms with Gasteiger partial charge in [-0.05, 0) is 6.92 Å². The summed E-state index contributed by atoms with van der Waals surface area (Å²) in [5.41, 5.74) is 0. The molecule has 0 bridgehead atoms. The molecule has 0 N–H and O–H groups in total. The zero-order chi connectivity index (χ0) is 5.21. The molecule has 0 saturated carbocycles. The highest BCUT2D eigenvalue weighted by molar-refractivity contribution is 14.2. The van der Waals surface area contributed by atoms with E-state index in [1.165, 1.54) is 28.1 Å². The Bertz CT molecular complexity index is 114. The van der Waals surface area contributed by atoms with Crippen molar-refractivity contribution < 1.29 is 8.42 Å². The molecule has 4 heteroatoms. The molecule has 37 valence electrons. The van der Waals surface area contributed by atoms with E-state index >= 15 is 0 Å². The summed E-state index contributed by atoms with van der Waals surface area (Å²) < 4.78 is 19.9. The van der Waals surface area contributed by atoms with Gasteiger partial charge in [0.05, 0.1) is 27.0 Å². The second kappa shape index (κ2) is 2.11. The number of halogens is 1. The minimum Gasteiger partial charge on any atom is -0.218 e. The lowest BCUT2D eigenvalue weighted by Gasteiger charge is -1.77. The maximum atomic E-state index is 9.93. The van der Waals surface area contributed by atoms with Crippen molar-refractivity contribution in [1.29, 1.82) is 0 Å². The summed E-state index contributed by atoms with van der Waals surface area (Å²) >= 11 is 1.36. The minimum absolute atomic E-state index is 1.15. The zero-order valence-corrected chi connectivity index (χ0v) is 6.15. The van der Waals surface area contributed by atoms with Crippen molar-refractivity contribution in [2.75, 3.05) is 0 Å². The van der Waals surface area contributed by atoms with Crippen LogP contribution in [0.25, 0.3) is 0 Å². The van der Waals surface area contributed by atoms with Crippen LogP contribution in [0.3, 0.4) is 0 Å². The van der Waals surface area contributed by atoms with Gasteiger partial charge >= 0.3 is 0 Å². The normalized spacial score (nSPS) is 11.7. The standard InChI is InChI=1S/C2H4IO2S/c1-2-6(3,4)5/h2H,1H3. The summed E-state index contributed by atoms with van der Waals surface area (Å²) in [4.78, 5) is 0. The highest BCUT2D eigenvalue weighted by Gasteiger charge is 1.94. The van der Waals surface area contributed by atoms with Crippen LogP contribution in [0.4, 0.5) is 0 Å². The smallest absolute Gasteiger partial charge is 0.206 e. The van der Waals surface area contributed by atoms with Crippen LogP contribution in [0.15, 0.2) is 0 Å². The molecule has 0 unspecified atom stereocenters. The SMILES string of the molecule is C[CH]S(=O)(=O)I. The van der Waals surface area contributed by atoms with E-state index in [-0.39, 0.29) is 0 Å². The second-order valence-corrected chi connectivity index (χ2v) is 5.82. The summed E-state index contributed by atoms with van der Waals surface area (Å²) in [6.45, 7) is 1.49. The fourth-order valence-electron chi connectivity index (χ4n) is 0. The predicted octanol–water partition coefficient (Wildman–Crippen LogP) is 0.933. The lowest BCUT2D eigenvalue weighted by atomic mass is 11.0. The van der Waals surface area contributed by atoms with Gasteiger partial charge in [0.2, 0.25) is 7.01 Å². The molecule has 0 aliphatic rings. The molecule has 0 saturated heterocycles. The number of hydrogen-bond donors (Lipinski definition) is 0. The molecule has 0 rings (SSSR count). The average Bonchev–Trinajstić information content (AvgIpc) is 1.35. The summed E-state index contributed by atoms with van der Waals surface area (Å²) in [6, 6.07) is 0. The Labute approximate surface area is 49.4 Å². The molecule has 0 amide bonds. The Hall–Kier alpha value is 0.680. The van der Waals surface area contributed by atoms with Crippen molar-refractivity contribution in [1.82, 2.24) is 0 Å². The number of rotatable bonds is 1. The van der Waals surface area contributed by atoms with Crippen LogP contribution >= 0.6 is 21.2 Å². The van der Waals surface area contributed by atoms with Gasteiger partial charge < -0.3 is 0 Å². The second-order valence-electron chi connectivity index (χ2n) is 0.711. The molecule has 0 aromatic carbocycles. The quantitative estimate of drug-likeness (QED) is 0.485. The maximum absolute atomic E-state index is 9.93. The molecular weight excluding hydrogens is 215 g/mol. The fourth-order valence-corrected chi connectivity index (χ4v) is 0. The Morgan fingerprint density at radius 3 is 1.83 bits per heavy atom. The molecule has 0 aliphatic carbocycles. The Kier molecular flexibility index (Phi) is 2.35. The van der Waals surface area contributed by atoms with Crippen LogP contribution in [0.5, 0.6) is 0 Å². The van der Waals surface area contributed by atoms with Crippen molar-refractivity contribution in [2.45, 2.75) is 6.92 Å². The van der Waals surface area contributed by atoms with Crippen molar-refractivity contribution in [2.24, 2.45) is 0 Å². The predicted molar refractivity (Wildman–Crippen MR) is 32.9 cm³/mol. The van der Waals surface area contributed by atoms with E-state index in [4.69, 9.17) is 0 Å². The molecule has 0 atom stereocenters. The largest absolute Gasteiger partial charge is 0.218 e. The van der Waals surface area contributed by atoms with Crippen molar-refractivity contribution >= 4 is 28.2 Å². The van der Waals surface area contributed by atoms with E-state index < -0.39 is 7.01 Å². The molecular formula is C2H4IO2S. The molecule has 0 fully saturated rings. The van der Waals surface area contributed by atoms with Gasteiger partial charge in [-0.15, -0.1) is 0 Å². The van der Waals surface area contributed by atoms with Gasteiger partial charge in [0, 0.05) is 0 Å². The molecule has 0 spiro atoms. The van der Waals surface area contributed by atoms with E-state index in [2.05, 4.69) is 0 Å². The summed E-state index contributed by atoms with van der Waals surface area (Å²) in [7, 11) is -2.82. The van der Waals surface area contributed by atoms with Crippen LogP contribution in [0.2, 0.25) is 0 Å². The van der Waals surface area contributed by atoms with Gasteiger partial charge in [-0.25, -0.2) is 8.42 Å². The van der Waals surface area contributed by atoms with Gasteiger partial charge in [0.25, 0.3) is 0 Å². The van der Waals surface area contributed by atoms with Crippen molar-refractivity contribution in [3.05, 3.63) is 5.75 Å². The molecule has 0 aliphatic heterocycles. The van der Waals surface area contributed by atoms with E-state index in [0.29, 0.717) is 0 Å². The molecule has 0 aromatic heterocycles.